The second-order valence-electron chi connectivity index (χ2n) is 4.69. The Labute approximate surface area is 115 Å². The first-order valence-corrected chi connectivity index (χ1v) is 7.40. The molecular weight excluding hydrogens is 260 g/mol. The van der Waals surface area contributed by atoms with Crippen LogP contribution in [0.5, 0.6) is 0 Å². The summed E-state index contributed by atoms with van der Waals surface area (Å²) in [5.41, 5.74) is -0.0278. The molecule has 3 rings (SSSR count). The predicted molar refractivity (Wildman–Crippen MR) is 75.5 cm³/mol. The summed E-state index contributed by atoms with van der Waals surface area (Å²) in [7, 11) is 0. The Morgan fingerprint density at radius 2 is 2.32 bits per heavy atom. The fourth-order valence-corrected chi connectivity index (χ4v) is 2.85. The van der Waals surface area contributed by atoms with Crippen molar-refractivity contribution in [1.29, 1.82) is 0 Å². The first-order chi connectivity index (χ1) is 9.29. The number of nitrogens with one attached hydrogen (secondary N) is 1. The Morgan fingerprint density at radius 3 is 2.95 bits per heavy atom. The average Bonchev–Trinajstić information content (AvgIpc) is 3.12. The summed E-state index contributed by atoms with van der Waals surface area (Å²) in [5.74, 6) is 0.427. The van der Waals surface area contributed by atoms with Gasteiger partial charge in [-0.3, -0.25) is 4.79 Å². The molecule has 2 aromatic rings. The van der Waals surface area contributed by atoms with Crippen molar-refractivity contribution in [3.8, 4) is 0 Å². The normalized spacial score (nSPS) is 16.3. The Hall–Kier alpha value is -1.69. The van der Waals surface area contributed by atoms with E-state index in [4.69, 9.17) is 0 Å². The van der Waals surface area contributed by atoms with E-state index >= 15 is 0 Å². The Kier molecular flexibility index (Phi) is 3.33. The van der Waals surface area contributed by atoms with Gasteiger partial charge in [0, 0.05) is 30.0 Å². The highest BCUT2D eigenvalue weighted by atomic mass is 32.1. The molecule has 0 radical (unpaired) electrons. The minimum Gasteiger partial charge on any atom is -0.356 e. The predicted octanol–water partition coefficient (Wildman–Crippen LogP) is 2.60. The summed E-state index contributed by atoms with van der Waals surface area (Å²) in [4.78, 5) is 20.8. The van der Waals surface area contributed by atoms with Crippen molar-refractivity contribution in [1.82, 2.24) is 14.5 Å². The lowest BCUT2D eigenvalue weighted by Gasteiger charge is -2.15. The molecule has 1 aliphatic carbocycles. The van der Waals surface area contributed by atoms with Gasteiger partial charge in [-0.1, -0.05) is 6.92 Å². The zero-order valence-electron chi connectivity index (χ0n) is 10.7. The van der Waals surface area contributed by atoms with Crippen molar-refractivity contribution < 1.29 is 0 Å². The Morgan fingerprint density at radius 1 is 1.47 bits per heavy atom. The second kappa shape index (κ2) is 5.13. The third-order valence-corrected chi connectivity index (χ3v) is 4.17. The molecule has 1 N–H and O–H groups in total. The minimum atomic E-state index is -0.0278. The lowest BCUT2D eigenvalue weighted by Crippen LogP contribution is -2.25. The highest BCUT2D eigenvalue weighted by molar-refractivity contribution is 7.09. The van der Waals surface area contributed by atoms with Crippen LogP contribution >= 0.6 is 11.3 Å². The van der Waals surface area contributed by atoms with Crippen LogP contribution in [0.15, 0.2) is 28.8 Å². The summed E-state index contributed by atoms with van der Waals surface area (Å²) >= 11 is 1.59. The highest BCUT2D eigenvalue weighted by Crippen LogP contribution is 2.33. The molecule has 1 aliphatic rings. The Bertz CT molecular complexity index is 603. The summed E-state index contributed by atoms with van der Waals surface area (Å²) in [6, 6.07) is 0.422. The summed E-state index contributed by atoms with van der Waals surface area (Å²) in [5, 5.41) is 6.16. The van der Waals surface area contributed by atoms with Crippen LogP contribution in [0.4, 0.5) is 5.82 Å². The summed E-state index contributed by atoms with van der Waals surface area (Å²) in [6.45, 7) is 2.07. The minimum absolute atomic E-state index is 0.0278. The topological polar surface area (TPSA) is 59.8 Å². The molecule has 1 unspecified atom stereocenters. The molecule has 5 nitrogen and oxygen atoms in total. The van der Waals surface area contributed by atoms with Gasteiger partial charge in [-0.15, -0.1) is 11.3 Å². The average molecular weight is 276 g/mol. The molecule has 0 spiro atoms. The maximum atomic E-state index is 12.3. The van der Waals surface area contributed by atoms with Crippen LogP contribution in [0, 0.1) is 0 Å². The van der Waals surface area contributed by atoms with Crippen LogP contribution in [-0.2, 0) is 0 Å². The molecule has 19 heavy (non-hydrogen) atoms. The number of rotatable bonds is 5. The summed E-state index contributed by atoms with van der Waals surface area (Å²) < 4.78 is 1.78. The van der Waals surface area contributed by atoms with Gasteiger partial charge in [0.2, 0.25) is 0 Å². The molecule has 0 saturated heterocycles. The van der Waals surface area contributed by atoms with E-state index < -0.39 is 0 Å². The van der Waals surface area contributed by atoms with E-state index in [9.17, 15) is 4.79 Å². The van der Waals surface area contributed by atoms with Gasteiger partial charge in [-0.2, -0.15) is 0 Å². The van der Waals surface area contributed by atoms with E-state index in [1.807, 2.05) is 5.38 Å². The first kappa shape index (κ1) is 12.3. The van der Waals surface area contributed by atoms with Gasteiger partial charge < -0.3 is 9.88 Å². The lowest BCUT2D eigenvalue weighted by molar-refractivity contribution is 0.685. The van der Waals surface area contributed by atoms with Gasteiger partial charge in [0.1, 0.15) is 5.01 Å². The number of aromatic nitrogens is 3. The first-order valence-electron chi connectivity index (χ1n) is 6.52. The lowest BCUT2D eigenvalue weighted by atomic mass is 10.2. The quantitative estimate of drug-likeness (QED) is 0.912. The van der Waals surface area contributed by atoms with Gasteiger partial charge >= 0.3 is 0 Å². The maximum Gasteiger partial charge on any atom is 0.293 e. The van der Waals surface area contributed by atoms with Gasteiger partial charge in [-0.25, -0.2) is 9.97 Å². The third-order valence-electron chi connectivity index (χ3n) is 3.28. The molecule has 1 atom stereocenters. The standard InChI is InChI=1S/C13H16N4OS/c1-2-10(12-15-6-8-19-12)16-11-13(18)17(7-5-14-11)9-3-4-9/h5-10H,2-4H2,1H3,(H,14,16). The van der Waals surface area contributed by atoms with Crippen molar-refractivity contribution in [2.24, 2.45) is 0 Å². The van der Waals surface area contributed by atoms with Crippen LogP contribution in [-0.4, -0.2) is 14.5 Å². The van der Waals surface area contributed by atoms with E-state index in [0.717, 1.165) is 24.3 Å². The van der Waals surface area contributed by atoms with Crippen molar-refractivity contribution >= 4 is 17.2 Å². The molecule has 6 heteroatoms. The van der Waals surface area contributed by atoms with Crippen molar-refractivity contribution in [3.05, 3.63) is 39.3 Å². The third kappa shape index (κ3) is 2.53. The molecule has 0 bridgehead atoms. The SMILES string of the molecule is CCC(Nc1nccn(C2CC2)c1=O)c1nccs1. The summed E-state index contributed by atoms with van der Waals surface area (Å²) in [6.07, 6.45) is 8.30. The van der Waals surface area contributed by atoms with Gasteiger partial charge in [0.25, 0.3) is 5.56 Å². The van der Waals surface area contributed by atoms with Crippen molar-refractivity contribution in [2.75, 3.05) is 5.32 Å². The van der Waals surface area contributed by atoms with Crippen LogP contribution in [0.25, 0.3) is 0 Å². The molecule has 1 fully saturated rings. The molecule has 1 saturated carbocycles. The fraction of sp³-hybridized carbons (Fsp3) is 0.462. The van der Waals surface area contributed by atoms with Crippen LogP contribution in [0.2, 0.25) is 0 Å². The number of hydrogen-bond acceptors (Lipinski definition) is 5. The number of thiazole rings is 1. The van der Waals surface area contributed by atoms with E-state index in [-0.39, 0.29) is 11.6 Å². The number of anilines is 1. The molecule has 100 valence electrons. The van der Waals surface area contributed by atoms with E-state index in [0.29, 0.717) is 11.9 Å². The number of nitrogens with zero attached hydrogens (tertiary/aromatic N) is 3. The largest absolute Gasteiger partial charge is 0.356 e. The van der Waals surface area contributed by atoms with Crippen LogP contribution < -0.4 is 10.9 Å². The zero-order chi connectivity index (χ0) is 13.2. The molecule has 2 aromatic heterocycles. The molecule has 0 aromatic carbocycles. The number of hydrogen-bond donors (Lipinski definition) is 1. The van der Waals surface area contributed by atoms with Crippen molar-refractivity contribution in [2.45, 2.75) is 38.3 Å². The molecular formula is C13H16N4OS. The van der Waals surface area contributed by atoms with E-state index in [2.05, 4.69) is 22.2 Å². The maximum absolute atomic E-state index is 12.3. The zero-order valence-corrected chi connectivity index (χ0v) is 11.6. The molecule has 0 amide bonds. The van der Waals surface area contributed by atoms with Crippen LogP contribution in [0.3, 0.4) is 0 Å². The highest BCUT2D eigenvalue weighted by Gasteiger charge is 2.25. The van der Waals surface area contributed by atoms with Gasteiger partial charge in [-0.05, 0) is 19.3 Å². The second-order valence-corrected chi connectivity index (χ2v) is 5.62. The van der Waals surface area contributed by atoms with Crippen LogP contribution in [0.1, 0.15) is 43.3 Å². The van der Waals surface area contributed by atoms with Gasteiger partial charge in [0.05, 0.1) is 6.04 Å². The monoisotopic (exact) mass is 276 g/mol. The molecule has 2 heterocycles. The molecule has 0 aliphatic heterocycles. The van der Waals surface area contributed by atoms with E-state index in [1.165, 1.54) is 0 Å². The van der Waals surface area contributed by atoms with E-state index in [1.54, 1.807) is 34.5 Å². The Balaban J connectivity index is 1.86. The van der Waals surface area contributed by atoms with Gasteiger partial charge in [0.15, 0.2) is 5.82 Å². The fourth-order valence-electron chi connectivity index (χ4n) is 2.07. The van der Waals surface area contributed by atoms with Crippen molar-refractivity contribution in [3.63, 3.8) is 0 Å². The smallest absolute Gasteiger partial charge is 0.293 e.